The van der Waals surface area contributed by atoms with Crippen LogP contribution in [0.25, 0.3) is 0 Å². The SMILES string of the molecule is CN(CCC(C)(C)C(N)=S)C1CCCCC1. The van der Waals surface area contributed by atoms with Gasteiger partial charge in [-0.15, -0.1) is 0 Å². The molecule has 0 spiro atoms. The molecule has 0 unspecified atom stereocenters. The fourth-order valence-electron chi connectivity index (χ4n) is 2.28. The molecule has 0 aliphatic heterocycles. The molecule has 0 heterocycles. The lowest BCUT2D eigenvalue weighted by molar-refractivity contribution is 0.178. The van der Waals surface area contributed by atoms with Crippen LogP contribution in [-0.4, -0.2) is 29.5 Å². The number of hydrogen-bond acceptors (Lipinski definition) is 2. The number of thiocarbonyl (C=S) groups is 1. The Morgan fingerprint density at radius 3 is 2.38 bits per heavy atom. The van der Waals surface area contributed by atoms with Crippen molar-refractivity contribution in [3.05, 3.63) is 0 Å². The van der Waals surface area contributed by atoms with Crippen LogP contribution in [0.15, 0.2) is 0 Å². The van der Waals surface area contributed by atoms with Crippen LogP contribution in [0.1, 0.15) is 52.4 Å². The highest BCUT2D eigenvalue weighted by Crippen LogP contribution is 2.25. The molecule has 0 bridgehead atoms. The fraction of sp³-hybridized carbons (Fsp3) is 0.923. The first kappa shape index (κ1) is 13.9. The highest BCUT2D eigenvalue weighted by atomic mass is 32.1. The van der Waals surface area contributed by atoms with Crippen LogP contribution in [0.3, 0.4) is 0 Å². The fourth-order valence-corrected chi connectivity index (χ4v) is 2.39. The van der Waals surface area contributed by atoms with E-state index in [1.807, 2.05) is 0 Å². The van der Waals surface area contributed by atoms with Crippen molar-refractivity contribution in [1.29, 1.82) is 0 Å². The first-order chi connectivity index (χ1) is 7.43. The summed E-state index contributed by atoms with van der Waals surface area (Å²) in [7, 11) is 2.24. The van der Waals surface area contributed by atoms with Gasteiger partial charge in [0.05, 0.1) is 4.99 Å². The van der Waals surface area contributed by atoms with Crippen molar-refractivity contribution < 1.29 is 0 Å². The van der Waals surface area contributed by atoms with Crippen LogP contribution in [0.5, 0.6) is 0 Å². The Labute approximate surface area is 106 Å². The molecule has 0 amide bonds. The molecule has 3 heteroatoms. The lowest BCUT2D eigenvalue weighted by Crippen LogP contribution is -2.38. The third-order valence-corrected chi connectivity index (χ3v) is 4.51. The highest BCUT2D eigenvalue weighted by Gasteiger charge is 2.24. The molecule has 16 heavy (non-hydrogen) atoms. The minimum Gasteiger partial charge on any atom is -0.393 e. The average Bonchev–Trinajstić information content (AvgIpc) is 2.27. The topological polar surface area (TPSA) is 29.3 Å². The van der Waals surface area contributed by atoms with Crippen LogP contribution < -0.4 is 5.73 Å². The van der Waals surface area contributed by atoms with Gasteiger partial charge in [-0.1, -0.05) is 45.3 Å². The van der Waals surface area contributed by atoms with Gasteiger partial charge in [0.2, 0.25) is 0 Å². The Bertz CT molecular complexity index is 232. The normalized spacial score (nSPS) is 19.0. The van der Waals surface area contributed by atoms with Gasteiger partial charge in [-0.3, -0.25) is 0 Å². The van der Waals surface area contributed by atoms with E-state index in [-0.39, 0.29) is 5.41 Å². The molecule has 0 aromatic heterocycles. The average molecular weight is 242 g/mol. The quantitative estimate of drug-likeness (QED) is 0.752. The molecule has 1 rings (SSSR count). The molecule has 1 aliphatic rings. The first-order valence-electron chi connectivity index (χ1n) is 6.43. The lowest BCUT2D eigenvalue weighted by Gasteiger charge is -2.33. The monoisotopic (exact) mass is 242 g/mol. The van der Waals surface area contributed by atoms with Crippen LogP contribution in [0.2, 0.25) is 0 Å². The van der Waals surface area contributed by atoms with Gasteiger partial charge in [0.1, 0.15) is 0 Å². The molecule has 1 fully saturated rings. The molecular weight excluding hydrogens is 216 g/mol. The summed E-state index contributed by atoms with van der Waals surface area (Å²) >= 11 is 5.10. The van der Waals surface area contributed by atoms with Crippen molar-refractivity contribution in [1.82, 2.24) is 4.90 Å². The predicted octanol–water partition coefficient (Wildman–Crippen LogP) is 2.95. The standard InChI is InChI=1S/C13H26N2S/c1-13(2,12(14)16)9-10-15(3)11-7-5-4-6-8-11/h11H,4-10H2,1-3H3,(H2,14,16). The van der Waals surface area contributed by atoms with Crippen LogP contribution >= 0.6 is 12.2 Å². The Hall–Kier alpha value is -0.150. The summed E-state index contributed by atoms with van der Waals surface area (Å²) in [6, 6.07) is 0.788. The van der Waals surface area contributed by atoms with Crippen molar-refractivity contribution >= 4 is 17.2 Å². The summed E-state index contributed by atoms with van der Waals surface area (Å²) in [6.07, 6.45) is 8.01. The van der Waals surface area contributed by atoms with E-state index in [2.05, 4.69) is 25.8 Å². The van der Waals surface area contributed by atoms with Gasteiger partial charge in [0, 0.05) is 11.5 Å². The third kappa shape index (κ3) is 4.02. The Kier molecular flexibility index (Phi) is 5.19. The number of rotatable bonds is 5. The van der Waals surface area contributed by atoms with Gasteiger partial charge in [0.25, 0.3) is 0 Å². The van der Waals surface area contributed by atoms with E-state index >= 15 is 0 Å². The molecule has 0 aromatic rings. The molecule has 94 valence electrons. The molecule has 2 nitrogen and oxygen atoms in total. The maximum absolute atomic E-state index is 5.75. The molecule has 0 aromatic carbocycles. The van der Waals surface area contributed by atoms with Gasteiger partial charge in [-0.25, -0.2) is 0 Å². The van der Waals surface area contributed by atoms with Gasteiger partial charge in [0.15, 0.2) is 0 Å². The predicted molar refractivity (Wildman–Crippen MR) is 74.7 cm³/mol. The van der Waals surface area contributed by atoms with E-state index in [1.54, 1.807) is 0 Å². The van der Waals surface area contributed by atoms with Gasteiger partial charge in [-0.2, -0.15) is 0 Å². The van der Waals surface area contributed by atoms with E-state index in [9.17, 15) is 0 Å². The molecule has 1 saturated carbocycles. The van der Waals surface area contributed by atoms with E-state index in [1.165, 1.54) is 32.1 Å². The van der Waals surface area contributed by atoms with Crippen LogP contribution in [-0.2, 0) is 0 Å². The number of nitrogens with two attached hydrogens (primary N) is 1. The van der Waals surface area contributed by atoms with Crippen molar-refractivity contribution in [2.45, 2.75) is 58.4 Å². The van der Waals surface area contributed by atoms with E-state index in [0.29, 0.717) is 4.99 Å². The molecular formula is C13H26N2S. The van der Waals surface area contributed by atoms with Gasteiger partial charge in [-0.05, 0) is 32.9 Å². The van der Waals surface area contributed by atoms with Crippen molar-refractivity contribution in [2.75, 3.05) is 13.6 Å². The summed E-state index contributed by atoms with van der Waals surface area (Å²) in [5.74, 6) is 0. The summed E-state index contributed by atoms with van der Waals surface area (Å²) < 4.78 is 0. The number of nitrogens with zero attached hydrogens (tertiary/aromatic N) is 1. The molecule has 0 radical (unpaired) electrons. The zero-order valence-electron chi connectivity index (χ0n) is 11.0. The Morgan fingerprint density at radius 2 is 1.88 bits per heavy atom. The first-order valence-corrected chi connectivity index (χ1v) is 6.84. The van der Waals surface area contributed by atoms with Crippen LogP contribution in [0.4, 0.5) is 0 Å². The summed E-state index contributed by atoms with van der Waals surface area (Å²) in [6.45, 7) is 5.39. The second kappa shape index (κ2) is 5.97. The minimum absolute atomic E-state index is 0.00173. The van der Waals surface area contributed by atoms with E-state index in [4.69, 9.17) is 18.0 Å². The molecule has 0 saturated heterocycles. The highest BCUT2D eigenvalue weighted by molar-refractivity contribution is 7.80. The largest absolute Gasteiger partial charge is 0.393 e. The van der Waals surface area contributed by atoms with Crippen molar-refractivity contribution in [3.8, 4) is 0 Å². The maximum atomic E-state index is 5.75. The van der Waals surface area contributed by atoms with Crippen LogP contribution in [0, 0.1) is 5.41 Å². The Balaban J connectivity index is 2.33. The molecule has 0 atom stereocenters. The van der Waals surface area contributed by atoms with Gasteiger partial charge < -0.3 is 10.6 Å². The number of hydrogen-bond donors (Lipinski definition) is 1. The van der Waals surface area contributed by atoms with Crippen molar-refractivity contribution in [3.63, 3.8) is 0 Å². The second-order valence-corrected chi connectivity index (χ2v) is 6.21. The molecule has 1 aliphatic carbocycles. The van der Waals surface area contributed by atoms with Gasteiger partial charge >= 0.3 is 0 Å². The Morgan fingerprint density at radius 1 is 1.31 bits per heavy atom. The van der Waals surface area contributed by atoms with Crippen molar-refractivity contribution in [2.24, 2.45) is 11.1 Å². The van der Waals surface area contributed by atoms with E-state index in [0.717, 1.165) is 19.0 Å². The minimum atomic E-state index is -0.00173. The smallest absolute Gasteiger partial charge is 0.0784 e. The second-order valence-electron chi connectivity index (χ2n) is 5.77. The maximum Gasteiger partial charge on any atom is 0.0784 e. The zero-order chi connectivity index (χ0) is 12.2. The molecule has 2 N–H and O–H groups in total. The summed E-state index contributed by atoms with van der Waals surface area (Å²) in [5, 5.41) is 0. The summed E-state index contributed by atoms with van der Waals surface area (Å²) in [5.41, 5.74) is 5.75. The summed E-state index contributed by atoms with van der Waals surface area (Å²) in [4.78, 5) is 3.14. The lowest BCUT2D eigenvalue weighted by atomic mass is 9.88. The third-order valence-electron chi connectivity index (χ3n) is 3.95. The zero-order valence-corrected chi connectivity index (χ0v) is 11.8. The van der Waals surface area contributed by atoms with E-state index < -0.39 is 0 Å².